The van der Waals surface area contributed by atoms with Crippen LogP contribution >= 0.6 is 12.6 Å². The summed E-state index contributed by atoms with van der Waals surface area (Å²) in [7, 11) is 0. The minimum Gasteiger partial charge on any atom is -0.508 e. The molecule has 0 bridgehead atoms. The van der Waals surface area contributed by atoms with Gasteiger partial charge in [-0.1, -0.05) is 12.1 Å². The van der Waals surface area contributed by atoms with E-state index in [1.54, 1.807) is 27.7 Å². The van der Waals surface area contributed by atoms with Gasteiger partial charge in [0.15, 0.2) is 0 Å². The normalized spacial score (nSPS) is 12.5. The Morgan fingerprint density at radius 2 is 1.94 bits per heavy atom. The van der Waals surface area contributed by atoms with Gasteiger partial charge >= 0.3 is 12.1 Å². The molecule has 12 heteroatoms. The summed E-state index contributed by atoms with van der Waals surface area (Å²) in [6.07, 6.45) is -0.965. The number of hydrogen-bond acceptors (Lipinski definition) is 9. The average molecular weight is 509 g/mol. The number of rotatable bonds is 11. The number of carbonyl (C=O) groups excluding carboxylic acids is 4. The minimum absolute atomic E-state index is 0.0757. The number of nitrogens with zero attached hydrogens (tertiary/aromatic N) is 2. The second kappa shape index (κ2) is 14.1. The smallest absolute Gasteiger partial charge is 0.408 e. The van der Waals surface area contributed by atoms with Gasteiger partial charge in [-0.2, -0.15) is 17.9 Å². The van der Waals surface area contributed by atoms with E-state index in [0.29, 0.717) is 0 Å². The number of ether oxygens (including phenoxy) is 2. The van der Waals surface area contributed by atoms with Crippen molar-refractivity contribution < 1.29 is 33.8 Å². The average Bonchev–Trinajstić information content (AvgIpc) is 2.75. The molecule has 0 aliphatic heterocycles. The Bertz CT molecular complexity index is 943. The standard InChI is InChI=1S/C23H32N4O7S/c1-5-33-18(29)9-11-25-20(30)19(15-7-6-8-16(28)13-15)27(12-10-24)21(31)17(14-35)26-22(32)34-23(2,3)4/h6-8,13,17,19,28,35H,5,9,11-12,14H2,1-4H3,(H,25,30)(H,26,32). The first-order valence-corrected chi connectivity index (χ1v) is 11.6. The molecule has 2 atom stereocenters. The van der Waals surface area contributed by atoms with Crippen LogP contribution in [0, 0.1) is 11.3 Å². The van der Waals surface area contributed by atoms with Crippen molar-refractivity contribution in [1.82, 2.24) is 15.5 Å². The van der Waals surface area contributed by atoms with Crippen LogP contribution in [0.2, 0.25) is 0 Å². The van der Waals surface area contributed by atoms with E-state index in [1.165, 1.54) is 24.3 Å². The van der Waals surface area contributed by atoms with Gasteiger partial charge in [0.2, 0.25) is 11.8 Å². The molecule has 3 N–H and O–H groups in total. The number of esters is 1. The number of nitriles is 1. The van der Waals surface area contributed by atoms with Crippen LogP contribution in [0.15, 0.2) is 24.3 Å². The number of thiol groups is 1. The highest BCUT2D eigenvalue weighted by Crippen LogP contribution is 2.25. The van der Waals surface area contributed by atoms with Gasteiger partial charge in [0.1, 0.15) is 30.0 Å². The Morgan fingerprint density at radius 3 is 2.49 bits per heavy atom. The lowest BCUT2D eigenvalue weighted by molar-refractivity contribution is -0.144. The number of benzene rings is 1. The summed E-state index contributed by atoms with van der Waals surface area (Å²) < 4.78 is 10.0. The quantitative estimate of drug-likeness (QED) is 0.200. The fourth-order valence-corrected chi connectivity index (χ4v) is 3.24. The minimum atomic E-state index is -1.35. The number of nitrogens with one attached hydrogen (secondary N) is 2. The molecule has 0 aromatic heterocycles. The first kappa shape index (κ1) is 29.6. The van der Waals surface area contributed by atoms with Crippen molar-refractivity contribution in [2.75, 3.05) is 25.4 Å². The Balaban J connectivity index is 3.24. The second-order valence-electron chi connectivity index (χ2n) is 8.35. The van der Waals surface area contributed by atoms with Crippen LogP contribution in [0.25, 0.3) is 0 Å². The van der Waals surface area contributed by atoms with Crippen LogP contribution < -0.4 is 10.6 Å². The molecular formula is C23H32N4O7S. The van der Waals surface area contributed by atoms with Crippen LogP contribution in [0.3, 0.4) is 0 Å². The fraction of sp³-hybridized carbons (Fsp3) is 0.522. The summed E-state index contributed by atoms with van der Waals surface area (Å²) in [5.41, 5.74) is -0.596. The fourth-order valence-electron chi connectivity index (χ4n) is 2.99. The summed E-state index contributed by atoms with van der Waals surface area (Å²) in [4.78, 5) is 51.3. The van der Waals surface area contributed by atoms with Crippen molar-refractivity contribution >= 4 is 36.5 Å². The summed E-state index contributed by atoms with van der Waals surface area (Å²) in [5.74, 6) is -2.27. The van der Waals surface area contributed by atoms with Gasteiger partial charge in [0.25, 0.3) is 0 Å². The van der Waals surface area contributed by atoms with E-state index >= 15 is 0 Å². The molecule has 2 unspecified atom stereocenters. The summed E-state index contributed by atoms with van der Waals surface area (Å²) in [6.45, 7) is 6.24. The molecule has 0 radical (unpaired) electrons. The predicted octanol–water partition coefficient (Wildman–Crippen LogP) is 1.68. The SMILES string of the molecule is CCOC(=O)CCNC(=O)C(c1cccc(O)c1)N(CC#N)C(=O)C(CS)NC(=O)OC(C)(C)C. The van der Waals surface area contributed by atoms with Crippen LogP contribution in [0.1, 0.15) is 45.7 Å². The van der Waals surface area contributed by atoms with Gasteiger partial charge in [0, 0.05) is 12.3 Å². The van der Waals surface area contributed by atoms with Gasteiger partial charge in [-0.05, 0) is 45.4 Å². The molecule has 0 saturated heterocycles. The van der Waals surface area contributed by atoms with Crippen LogP contribution in [-0.4, -0.2) is 71.0 Å². The van der Waals surface area contributed by atoms with Crippen LogP contribution in [0.5, 0.6) is 5.75 Å². The lowest BCUT2D eigenvalue weighted by Crippen LogP contribution is -2.54. The molecule has 0 fully saturated rings. The molecule has 1 aromatic carbocycles. The van der Waals surface area contributed by atoms with Gasteiger partial charge in [-0.15, -0.1) is 0 Å². The molecule has 1 rings (SSSR count). The van der Waals surface area contributed by atoms with E-state index in [1.807, 2.05) is 6.07 Å². The van der Waals surface area contributed by atoms with Crippen molar-refractivity contribution in [3.8, 4) is 11.8 Å². The zero-order chi connectivity index (χ0) is 26.6. The van der Waals surface area contributed by atoms with Gasteiger partial charge in [0.05, 0.1) is 19.1 Å². The predicted molar refractivity (Wildman–Crippen MR) is 129 cm³/mol. The van der Waals surface area contributed by atoms with Crippen LogP contribution in [-0.2, 0) is 23.9 Å². The highest BCUT2D eigenvalue weighted by Gasteiger charge is 2.36. The highest BCUT2D eigenvalue weighted by molar-refractivity contribution is 7.80. The third-order valence-corrected chi connectivity index (χ3v) is 4.74. The molecule has 1 aromatic rings. The number of alkyl carbamates (subject to hydrolysis) is 1. The first-order chi connectivity index (χ1) is 16.4. The van der Waals surface area contributed by atoms with Crippen molar-refractivity contribution in [2.45, 2.75) is 51.8 Å². The summed E-state index contributed by atoms with van der Waals surface area (Å²) in [6, 6.07) is 4.94. The van der Waals surface area contributed by atoms with E-state index in [9.17, 15) is 29.5 Å². The molecule has 11 nitrogen and oxygen atoms in total. The van der Waals surface area contributed by atoms with E-state index in [0.717, 1.165) is 4.90 Å². The number of phenols is 1. The van der Waals surface area contributed by atoms with Crippen molar-refractivity contribution in [1.29, 1.82) is 5.26 Å². The molecule has 0 saturated carbocycles. The van der Waals surface area contributed by atoms with Crippen molar-refractivity contribution in [3.05, 3.63) is 29.8 Å². The van der Waals surface area contributed by atoms with E-state index in [4.69, 9.17) is 9.47 Å². The molecule has 0 spiro atoms. The zero-order valence-electron chi connectivity index (χ0n) is 20.2. The van der Waals surface area contributed by atoms with Crippen LogP contribution in [0.4, 0.5) is 4.79 Å². The molecular weight excluding hydrogens is 476 g/mol. The number of phenolic OH excluding ortho intramolecular Hbond substituents is 1. The lowest BCUT2D eigenvalue weighted by atomic mass is 10.0. The molecule has 0 aliphatic carbocycles. The van der Waals surface area contributed by atoms with Crippen molar-refractivity contribution in [2.24, 2.45) is 0 Å². The molecule has 35 heavy (non-hydrogen) atoms. The first-order valence-electron chi connectivity index (χ1n) is 10.9. The third kappa shape index (κ3) is 10.1. The Morgan fingerprint density at radius 1 is 1.26 bits per heavy atom. The van der Waals surface area contributed by atoms with E-state index < -0.39 is 48.1 Å². The summed E-state index contributed by atoms with van der Waals surface area (Å²) >= 11 is 4.13. The number of hydrogen-bond donors (Lipinski definition) is 4. The van der Waals surface area contributed by atoms with Gasteiger partial charge < -0.3 is 30.1 Å². The monoisotopic (exact) mass is 508 g/mol. The third-order valence-electron chi connectivity index (χ3n) is 4.38. The number of aromatic hydroxyl groups is 1. The maximum Gasteiger partial charge on any atom is 0.408 e. The number of carbonyl (C=O) groups is 4. The number of amides is 3. The second-order valence-corrected chi connectivity index (χ2v) is 8.71. The maximum atomic E-state index is 13.4. The zero-order valence-corrected chi connectivity index (χ0v) is 21.1. The molecule has 0 aliphatic rings. The van der Waals surface area contributed by atoms with Gasteiger partial charge in [-0.3, -0.25) is 14.4 Å². The van der Waals surface area contributed by atoms with Gasteiger partial charge in [-0.25, -0.2) is 4.79 Å². The molecule has 3 amide bonds. The Hall–Kier alpha value is -3.46. The molecule has 0 heterocycles. The Kier molecular flexibility index (Phi) is 11.9. The van der Waals surface area contributed by atoms with Crippen molar-refractivity contribution in [3.63, 3.8) is 0 Å². The molecule has 192 valence electrons. The van der Waals surface area contributed by atoms with E-state index in [2.05, 4.69) is 23.3 Å². The Labute approximate surface area is 210 Å². The summed E-state index contributed by atoms with van der Waals surface area (Å²) in [5, 5.41) is 24.3. The van der Waals surface area contributed by atoms with E-state index in [-0.39, 0.29) is 36.6 Å². The topological polar surface area (TPSA) is 158 Å². The maximum absolute atomic E-state index is 13.4. The lowest BCUT2D eigenvalue weighted by Gasteiger charge is -2.32. The largest absolute Gasteiger partial charge is 0.508 e. The highest BCUT2D eigenvalue weighted by atomic mass is 32.1.